The first kappa shape index (κ1) is 24.9. The van der Waals surface area contributed by atoms with Gasteiger partial charge in [-0.05, 0) is 91.7 Å². The average molecular weight is 520 g/mol. The molecule has 1 amide bonds. The van der Waals surface area contributed by atoms with Crippen LogP contribution in [0.1, 0.15) is 30.0 Å². The van der Waals surface area contributed by atoms with Crippen molar-refractivity contribution in [3.63, 3.8) is 0 Å². The molecule has 9 heteroatoms. The van der Waals surface area contributed by atoms with Crippen LogP contribution in [-0.2, 0) is 21.2 Å². The molecule has 2 unspecified atom stereocenters. The molecule has 1 saturated heterocycles. The number of nitrogens with zero attached hydrogens (tertiary/aromatic N) is 2. The van der Waals surface area contributed by atoms with E-state index in [0.717, 1.165) is 29.3 Å². The Morgan fingerprint density at radius 1 is 1.00 bits per heavy atom. The van der Waals surface area contributed by atoms with Crippen molar-refractivity contribution in [2.45, 2.75) is 36.2 Å². The van der Waals surface area contributed by atoms with Crippen LogP contribution in [0.15, 0.2) is 59.5 Å². The number of amides is 1. The van der Waals surface area contributed by atoms with Gasteiger partial charge in [0.25, 0.3) is 0 Å². The van der Waals surface area contributed by atoms with Gasteiger partial charge in [-0.2, -0.15) is 4.72 Å². The lowest BCUT2D eigenvalue weighted by atomic mass is 10.1. The number of benzene rings is 3. The molecular formula is C25H27Cl2N3O3S. The SMILES string of the molecule is CN(C)C1CCc2cc(N3CCC(NS(=O)(=O)c4ccc5cc(Cl)ccc5c4)C3=O)ccc21.Cl. The van der Waals surface area contributed by atoms with Crippen molar-refractivity contribution < 1.29 is 13.2 Å². The molecule has 0 bridgehead atoms. The molecule has 0 aromatic heterocycles. The minimum Gasteiger partial charge on any atom is -0.311 e. The van der Waals surface area contributed by atoms with Crippen LogP contribution in [0.25, 0.3) is 10.8 Å². The molecule has 1 aliphatic heterocycles. The largest absolute Gasteiger partial charge is 0.311 e. The monoisotopic (exact) mass is 519 g/mol. The molecule has 0 spiro atoms. The van der Waals surface area contributed by atoms with Gasteiger partial charge in [0, 0.05) is 23.3 Å². The number of rotatable bonds is 5. The van der Waals surface area contributed by atoms with Crippen LogP contribution in [-0.4, -0.2) is 45.9 Å². The molecule has 3 aromatic rings. The maximum Gasteiger partial charge on any atom is 0.245 e. The molecule has 34 heavy (non-hydrogen) atoms. The van der Waals surface area contributed by atoms with Gasteiger partial charge in [-0.3, -0.25) is 4.79 Å². The Hall–Kier alpha value is -2.16. The van der Waals surface area contributed by atoms with Crippen LogP contribution in [0.4, 0.5) is 5.69 Å². The summed E-state index contributed by atoms with van der Waals surface area (Å²) in [5.74, 6) is -0.215. The number of hydrogen-bond donors (Lipinski definition) is 1. The van der Waals surface area contributed by atoms with Crippen molar-refractivity contribution in [3.05, 3.63) is 70.7 Å². The second-order valence-electron chi connectivity index (χ2n) is 9.01. The number of anilines is 1. The molecule has 180 valence electrons. The van der Waals surface area contributed by atoms with Gasteiger partial charge in [-0.1, -0.05) is 29.8 Å². The highest BCUT2D eigenvalue weighted by Crippen LogP contribution is 2.37. The Balaban J connectivity index is 0.00000274. The molecule has 1 heterocycles. The van der Waals surface area contributed by atoms with Crippen LogP contribution in [0.3, 0.4) is 0 Å². The van der Waals surface area contributed by atoms with Gasteiger partial charge < -0.3 is 9.80 Å². The lowest BCUT2D eigenvalue weighted by Crippen LogP contribution is -2.41. The predicted molar refractivity (Wildman–Crippen MR) is 138 cm³/mol. The predicted octanol–water partition coefficient (Wildman–Crippen LogP) is 4.55. The fourth-order valence-electron chi connectivity index (χ4n) is 4.95. The van der Waals surface area contributed by atoms with Crippen molar-refractivity contribution in [2.24, 2.45) is 0 Å². The standard InChI is InChI=1S/C25H26ClN3O3S.ClH/c1-28(2)24-10-5-18-14-20(7-9-22(18)24)29-12-11-23(25(29)30)27-33(31,32)21-8-4-16-13-19(26)6-3-17(16)15-21;/h3-4,6-9,13-15,23-24,27H,5,10-12H2,1-2H3;1H. The van der Waals surface area contributed by atoms with Crippen molar-refractivity contribution in [2.75, 3.05) is 25.5 Å². The van der Waals surface area contributed by atoms with Crippen molar-refractivity contribution in [1.82, 2.24) is 9.62 Å². The Bertz CT molecular complexity index is 1360. The number of carbonyl (C=O) groups is 1. The van der Waals surface area contributed by atoms with Crippen LogP contribution in [0, 0.1) is 0 Å². The van der Waals surface area contributed by atoms with E-state index in [2.05, 4.69) is 35.9 Å². The summed E-state index contributed by atoms with van der Waals surface area (Å²) >= 11 is 6.02. The zero-order chi connectivity index (χ0) is 23.3. The molecular weight excluding hydrogens is 493 g/mol. The van der Waals surface area contributed by atoms with E-state index in [9.17, 15) is 13.2 Å². The lowest BCUT2D eigenvalue weighted by Gasteiger charge is -2.22. The maximum atomic E-state index is 13.1. The molecule has 0 radical (unpaired) electrons. The highest BCUT2D eigenvalue weighted by Gasteiger charge is 2.36. The van der Waals surface area contributed by atoms with Crippen LogP contribution in [0.5, 0.6) is 0 Å². The van der Waals surface area contributed by atoms with Gasteiger partial charge in [0.05, 0.1) is 4.90 Å². The van der Waals surface area contributed by atoms with E-state index in [1.165, 1.54) is 11.1 Å². The highest BCUT2D eigenvalue weighted by atomic mass is 35.5. The third kappa shape index (κ3) is 4.55. The van der Waals surface area contributed by atoms with Crippen LogP contribution >= 0.6 is 24.0 Å². The number of halogens is 2. The minimum atomic E-state index is -3.85. The topological polar surface area (TPSA) is 69.7 Å². The first-order chi connectivity index (χ1) is 15.7. The molecule has 1 aliphatic carbocycles. The fourth-order valence-corrected chi connectivity index (χ4v) is 6.39. The van der Waals surface area contributed by atoms with Gasteiger partial charge in [-0.15, -0.1) is 12.4 Å². The molecule has 5 rings (SSSR count). The summed E-state index contributed by atoms with van der Waals surface area (Å²) in [6.07, 6.45) is 2.48. The molecule has 1 fully saturated rings. The number of carbonyl (C=O) groups excluding carboxylic acids is 1. The number of hydrogen-bond acceptors (Lipinski definition) is 4. The molecule has 2 aliphatic rings. The quantitative estimate of drug-likeness (QED) is 0.536. The second-order valence-corrected chi connectivity index (χ2v) is 11.2. The van der Waals surface area contributed by atoms with Crippen molar-refractivity contribution >= 4 is 56.4 Å². The summed E-state index contributed by atoms with van der Waals surface area (Å²) in [6.45, 7) is 0.484. The Labute approximate surface area is 211 Å². The van der Waals surface area contributed by atoms with Gasteiger partial charge in [0.15, 0.2) is 0 Å². The van der Waals surface area contributed by atoms with Gasteiger partial charge in [0.1, 0.15) is 6.04 Å². The molecule has 6 nitrogen and oxygen atoms in total. The molecule has 2 atom stereocenters. The molecule has 3 aromatic carbocycles. The van der Waals surface area contributed by atoms with Crippen LogP contribution in [0.2, 0.25) is 5.02 Å². The second kappa shape index (κ2) is 9.47. The first-order valence-electron chi connectivity index (χ1n) is 11.1. The van der Waals surface area contributed by atoms with Gasteiger partial charge in [0.2, 0.25) is 15.9 Å². The van der Waals surface area contributed by atoms with Gasteiger partial charge in [-0.25, -0.2) is 8.42 Å². The minimum absolute atomic E-state index is 0. The fraction of sp³-hybridized carbons (Fsp3) is 0.320. The summed E-state index contributed by atoms with van der Waals surface area (Å²) < 4.78 is 28.7. The molecule has 0 saturated carbocycles. The van der Waals surface area contributed by atoms with Crippen LogP contribution < -0.4 is 9.62 Å². The summed E-state index contributed by atoms with van der Waals surface area (Å²) in [6, 6.07) is 16.0. The summed E-state index contributed by atoms with van der Waals surface area (Å²) in [7, 11) is 0.319. The number of nitrogens with one attached hydrogen (secondary N) is 1. The zero-order valence-corrected chi connectivity index (χ0v) is 21.4. The highest BCUT2D eigenvalue weighted by molar-refractivity contribution is 7.89. The van der Waals surface area contributed by atoms with E-state index in [-0.39, 0.29) is 23.2 Å². The Morgan fingerprint density at radius 2 is 1.74 bits per heavy atom. The third-order valence-electron chi connectivity index (χ3n) is 6.69. The summed E-state index contributed by atoms with van der Waals surface area (Å²) in [4.78, 5) is 17.2. The maximum absolute atomic E-state index is 13.1. The van der Waals surface area contributed by atoms with Crippen molar-refractivity contribution in [3.8, 4) is 0 Å². The van der Waals surface area contributed by atoms with Gasteiger partial charge >= 0.3 is 0 Å². The van der Waals surface area contributed by atoms with E-state index < -0.39 is 16.1 Å². The zero-order valence-electron chi connectivity index (χ0n) is 19.0. The summed E-state index contributed by atoms with van der Waals surface area (Å²) in [5.41, 5.74) is 3.41. The summed E-state index contributed by atoms with van der Waals surface area (Å²) in [5, 5.41) is 2.23. The van der Waals surface area contributed by atoms with E-state index in [4.69, 9.17) is 11.6 Å². The Morgan fingerprint density at radius 3 is 2.50 bits per heavy atom. The third-order valence-corrected chi connectivity index (χ3v) is 8.40. The Kier molecular flexibility index (Phi) is 6.95. The lowest BCUT2D eigenvalue weighted by molar-refractivity contribution is -0.118. The first-order valence-corrected chi connectivity index (χ1v) is 12.9. The average Bonchev–Trinajstić information content (AvgIpc) is 3.36. The van der Waals surface area contributed by atoms with E-state index in [1.54, 1.807) is 41.3 Å². The number of sulfonamides is 1. The smallest absolute Gasteiger partial charge is 0.245 e. The molecule has 1 N–H and O–H groups in total. The number of aryl methyl sites for hydroxylation is 1. The van der Waals surface area contributed by atoms with E-state index in [0.29, 0.717) is 24.0 Å². The van der Waals surface area contributed by atoms with Crippen molar-refractivity contribution in [1.29, 1.82) is 0 Å². The number of fused-ring (bicyclic) bond motifs is 2. The van der Waals surface area contributed by atoms with E-state index in [1.807, 2.05) is 6.07 Å². The normalized spacial score (nSPS) is 20.1. The van der Waals surface area contributed by atoms with E-state index >= 15 is 0 Å².